The van der Waals surface area contributed by atoms with Crippen molar-refractivity contribution in [3.63, 3.8) is 0 Å². The Bertz CT molecular complexity index is 289. The topological polar surface area (TPSA) is 52.0 Å². The van der Waals surface area contributed by atoms with Crippen LogP contribution in [0.3, 0.4) is 0 Å². The van der Waals surface area contributed by atoms with Crippen LogP contribution in [0.1, 0.15) is 40.5 Å². The minimum absolute atomic E-state index is 0.232. The molecule has 80 valence electrons. The molecule has 14 heavy (non-hydrogen) atoms. The summed E-state index contributed by atoms with van der Waals surface area (Å²) in [4.78, 5) is 0. The van der Waals surface area contributed by atoms with Crippen molar-refractivity contribution < 1.29 is 0 Å². The molecule has 0 aliphatic heterocycles. The summed E-state index contributed by atoms with van der Waals surface area (Å²) in [7, 11) is 0. The van der Waals surface area contributed by atoms with Crippen LogP contribution in [0.5, 0.6) is 0 Å². The average molecular weight is 194 g/mol. The van der Waals surface area contributed by atoms with E-state index in [9.17, 15) is 0 Å². The molecule has 2 nitrogen and oxygen atoms in total. The van der Waals surface area contributed by atoms with Crippen LogP contribution in [-0.4, -0.2) is 5.54 Å². The Morgan fingerprint density at radius 3 is 2.43 bits per heavy atom. The van der Waals surface area contributed by atoms with E-state index in [1.165, 1.54) is 11.1 Å². The highest BCUT2D eigenvalue weighted by molar-refractivity contribution is 5.41. The first-order chi connectivity index (χ1) is 6.47. The van der Waals surface area contributed by atoms with Gasteiger partial charge in [-0.15, -0.1) is 0 Å². The van der Waals surface area contributed by atoms with Gasteiger partial charge in [0.05, 0.1) is 0 Å². The van der Waals surface area contributed by atoms with Gasteiger partial charge in [-0.25, -0.2) is 0 Å². The molecule has 2 heteroatoms. The summed E-state index contributed by atoms with van der Waals surface area (Å²) in [5, 5.41) is 0. The standard InChI is InChI=1S/C12H22N2/c1-5-10-7-11(13)9(4)12(14,6-2)8(10)3/h7,9H,5-6,13-14H2,1-4H3. The monoisotopic (exact) mass is 194 g/mol. The molecule has 1 rings (SSSR count). The van der Waals surface area contributed by atoms with Crippen molar-refractivity contribution in [1.82, 2.24) is 0 Å². The third-order valence-electron chi connectivity index (χ3n) is 3.76. The Morgan fingerprint density at radius 2 is 2.00 bits per heavy atom. The number of rotatable bonds is 2. The lowest BCUT2D eigenvalue weighted by molar-refractivity contribution is 0.357. The SMILES string of the molecule is CCC1=C(C)C(N)(CC)C(C)C(N)=C1. The van der Waals surface area contributed by atoms with Gasteiger partial charge in [-0.05, 0) is 37.0 Å². The lowest BCUT2D eigenvalue weighted by Crippen LogP contribution is -2.50. The lowest BCUT2D eigenvalue weighted by atomic mass is 9.71. The van der Waals surface area contributed by atoms with Gasteiger partial charge in [-0.3, -0.25) is 0 Å². The third-order valence-corrected chi connectivity index (χ3v) is 3.76. The van der Waals surface area contributed by atoms with Crippen LogP contribution < -0.4 is 11.5 Å². The first-order valence-corrected chi connectivity index (χ1v) is 5.43. The van der Waals surface area contributed by atoms with Crippen LogP contribution in [0, 0.1) is 5.92 Å². The van der Waals surface area contributed by atoms with Gasteiger partial charge >= 0.3 is 0 Å². The van der Waals surface area contributed by atoms with Crippen molar-refractivity contribution in [2.45, 2.75) is 46.1 Å². The maximum absolute atomic E-state index is 6.42. The van der Waals surface area contributed by atoms with Crippen molar-refractivity contribution >= 4 is 0 Å². The molecule has 1 aliphatic rings. The first kappa shape index (κ1) is 11.3. The zero-order chi connectivity index (χ0) is 10.9. The number of hydrogen-bond acceptors (Lipinski definition) is 2. The Balaban J connectivity index is 3.22. The molecule has 0 aromatic rings. The molecular weight excluding hydrogens is 172 g/mol. The summed E-state index contributed by atoms with van der Waals surface area (Å²) in [5.41, 5.74) is 15.7. The summed E-state index contributed by atoms with van der Waals surface area (Å²) in [6.45, 7) is 8.54. The van der Waals surface area contributed by atoms with Crippen molar-refractivity contribution in [1.29, 1.82) is 0 Å². The second-order valence-corrected chi connectivity index (χ2v) is 4.26. The summed E-state index contributed by atoms with van der Waals surface area (Å²) in [5.74, 6) is 0.253. The summed E-state index contributed by atoms with van der Waals surface area (Å²) >= 11 is 0. The molecule has 0 saturated carbocycles. The molecular formula is C12H22N2. The fourth-order valence-electron chi connectivity index (χ4n) is 2.29. The van der Waals surface area contributed by atoms with Crippen molar-refractivity contribution in [2.24, 2.45) is 17.4 Å². The van der Waals surface area contributed by atoms with Gasteiger partial charge in [0.25, 0.3) is 0 Å². The molecule has 0 radical (unpaired) electrons. The van der Waals surface area contributed by atoms with Gasteiger partial charge in [0.1, 0.15) is 0 Å². The van der Waals surface area contributed by atoms with Crippen LogP contribution in [-0.2, 0) is 0 Å². The predicted molar refractivity (Wildman–Crippen MR) is 61.6 cm³/mol. The zero-order valence-corrected chi connectivity index (χ0v) is 9.72. The average Bonchev–Trinajstić information content (AvgIpc) is 2.20. The molecule has 0 amide bonds. The number of nitrogens with two attached hydrogens (primary N) is 2. The van der Waals surface area contributed by atoms with E-state index in [-0.39, 0.29) is 11.5 Å². The smallest absolute Gasteiger partial charge is 0.0450 e. The van der Waals surface area contributed by atoms with Gasteiger partial charge in [0.15, 0.2) is 0 Å². The molecule has 2 atom stereocenters. The highest BCUT2D eigenvalue weighted by Crippen LogP contribution is 2.37. The second-order valence-electron chi connectivity index (χ2n) is 4.26. The lowest BCUT2D eigenvalue weighted by Gasteiger charge is -2.40. The van der Waals surface area contributed by atoms with E-state index in [0.717, 1.165) is 18.5 Å². The molecule has 4 N–H and O–H groups in total. The largest absolute Gasteiger partial charge is 0.402 e. The normalized spacial score (nSPS) is 33.2. The van der Waals surface area contributed by atoms with E-state index in [4.69, 9.17) is 11.5 Å². The Hall–Kier alpha value is -0.760. The Labute approximate surface area is 87.0 Å². The van der Waals surface area contributed by atoms with E-state index in [1.54, 1.807) is 0 Å². The minimum Gasteiger partial charge on any atom is -0.402 e. The van der Waals surface area contributed by atoms with E-state index >= 15 is 0 Å². The third kappa shape index (κ3) is 1.48. The van der Waals surface area contributed by atoms with Gasteiger partial charge in [0, 0.05) is 17.2 Å². The first-order valence-electron chi connectivity index (χ1n) is 5.43. The zero-order valence-electron chi connectivity index (χ0n) is 9.72. The predicted octanol–water partition coefficient (Wildman–Crippen LogP) is 2.31. The van der Waals surface area contributed by atoms with Crippen molar-refractivity contribution in [3.05, 3.63) is 22.9 Å². The summed E-state index contributed by atoms with van der Waals surface area (Å²) in [6, 6.07) is 0. The van der Waals surface area contributed by atoms with Crippen molar-refractivity contribution in [2.75, 3.05) is 0 Å². The van der Waals surface area contributed by atoms with Gasteiger partial charge < -0.3 is 11.5 Å². The molecule has 0 aromatic carbocycles. The molecule has 0 heterocycles. The quantitative estimate of drug-likeness (QED) is 0.708. The second kappa shape index (κ2) is 3.77. The van der Waals surface area contributed by atoms with E-state index < -0.39 is 0 Å². The highest BCUT2D eigenvalue weighted by Gasteiger charge is 2.36. The molecule has 0 fully saturated rings. The van der Waals surface area contributed by atoms with Crippen LogP contribution >= 0.6 is 0 Å². The fraction of sp³-hybridized carbons (Fsp3) is 0.667. The fourth-order valence-corrected chi connectivity index (χ4v) is 2.29. The van der Waals surface area contributed by atoms with E-state index in [1.807, 2.05) is 0 Å². The molecule has 2 unspecified atom stereocenters. The van der Waals surface area contributed by atoms with Crippen LogP contribution in [0.2, 0.25) is 0 Å². The number of allylic oxidation sites excluding steroid dienone is 2. The summed E-state index contributed by atoms with van der Waals surface area (Å²) in [6.07, 6.45) is 4.05. The highest BCUT2D eigenvalue weighted by atomic mass is 14.8. The molecule has 0 bridgehead atoms. The minimum atomic E-state index is -0.232. The maximum Gasteiger partial charge on any atom is 0.0450 e. The molecule has 0 saturated heterocycles. The molecule has 0 spiro atoms. The van der Waals surface area contributed by atoms with Gasteiger partial charge in [-0.2, -0.15) is 0 Å². The Kier molecular flexibility index (Phi) is 3.05. The Morgan fingerprint density at radius 1 is 1.43 bits per heavy atom. The van der Waals surface area contributed by atoms with Crippen LogP contribution in [0.15, 0.2) is 22.9 Å². The van der Waals surface area contributed by atoms with E-state index in [0.29, 0.717) is 0 Å². The van der Waals surface area contributed by atoms with E-state index in [2.05, 4.69) is 33.8 Å². The van der Waals surface area contributed by atoms with Crippen molar-refractivity contribution in [3.8, 4) is 0 Å². The molecule has 0 aromatic heterocycles. The van der Waals surface area contributed by atoms with Gasteiger partial charge in [0.2, 0.25) is 0 Å². The summed E-state index contributed by atoms with van der Waals surface area (Å²) < 4.78 is 0. The molecule has 1 aliphatic carbocycles. The number of hydrogen-bond donors (Lipinski definition) is 2. The van der Waals surface area contributed by atoms with Crippen LogP contribution in [0.4, 0.5) is 0 Å². The van der Waals surface area contributed by atoms with Gasteiger partial charge in [-0.1, -0.05) is 20.8 Å². The maximum atomic E-state index is 6.42. The van der Waals surface area contributed by atoms with Crippen LogP contribution in [0.25, 0.3) is 0 Å².